The topological polar surface area (TPSA) is 78.8 Å². The highest BCUT2D eigenvalue weighted by Gasteiger charge is 2.30. The summed E-state index contributed by atoms with van der Waals surface area (Å²) in [6.07, 6.45) is 0. The van der Waals surface area contributed by atoms with Crippen LogP contribution in [0.5, 0.6) is 11.5 Å². The summed E-state index contributed by atoms with van der Waals surface area (Å²) >= 11 is 1.51. The lowest BCUT2D eigenvalue weighted by atomic mass is 10.2. The number of hydrogen-bond donors (Lipinski definition) is 3. The standard InChI is InChI=1S/C11H13NO4S/c1-16-9-3-2-6(4-8(9)13)10-12-7(5-17-10)11(14)15/h2-4,7,10,12-13H,5H2,1H3,(H,14,15). The molecule has 1 fully saturated rings. The molecule has 6 heteroatoms. The number of carbonyl (C=O) groups is 1. The highest BCUT2D eigenvalue weighted by Crippen LogP contribution is 2.36. The van der Waals surface area contributed by atoms with E-state index in [1.54, 1.807) is 12.1 Å². The Bertz CT molecular complexity index is 437. The Balaban J connectivity index is 2.14. The van der Waals surface area contributed by atoms with Gasteiger partial charge in [-0.25, -0.2) is 0 Å². The summed E-state index contributed by atoms with van der Waals surface area (Å²) in [4.78, 5) is 10.8. The third-order valence-electron chi connectivity index (χ3n) is 2.59. The van der Waals surface area contributed by atoms with Crippen molar-refractivity contribution in [1.82, 2.24) is 5.32 Å². The minimum atomic E-state index is -0.849. The lowest BCUT2D eigenvalue weighted by Crippen LogP contribution is -2.33. The van der Waals surface area contributed by atoms with Crippen molar-refractivity contribution in [1.29, 1.82) is 0 Å². The van der Waals surface area contributed by atoms with E-state index in [4.69, 9.17) is 9.84 Å². The van der Waals surface area contributed by atoms with Crippen molar-refractivity contribution in [3.05, 3.63) is 23.8 Å². The van der Waals surface area contributed by atoms with Crippen LogP contribution in [-0.2, 0) is 4.79 Å². The molecule has 0 saturated carbocycles. The third kappa shape index (κ3) is 2.48. The number of ether oxygens (including phenoxy) is 1. The molecule has 2 unspecified atom stereocenters. The van der Waals surface area contributed by atoms with Crippen LogP contribution in [-0.4, -0.2) is 35.1 Å². The Morgan fingerprint density at radius 2 is 2.35 bits per heavy atom. The number of aromatic hydroxyl groups is 1. The fraction of sp³-hybridized carbons (Fsp3) is 0.364. The lowest BCUT2D eigenvalue weighted by Gasteiger charge is -2.12. The van der Waals surface area contributed by atoms with Gasteiger partial charge in [-0.05, 0) is 17.7 Å². The first-order valence-electron chi connectivity index (χ1n) is 5.09. The maximum Gasteiger partial charge on any atom is 0.321 e. The van der Waals surface area contributed by atoms with Crippen molar-refractivity contribution in [2.45, 2.75) is 11.4 Å². The molecular weight excluding hydrogens is 242 g/mol. The number of phenols is 1. The van der Waals surface area contributed by atoms with Crippen molar-refractivity contribution in [3.8, 4) is 11.5 Å². The van der Waals surface area contributed by atoms with Crippen molar-refractivity contribution in [3.63, 3.8) is 0 Å². The highest BCUT2D eigenvalue weighted by molar-refractivity contribution is 7.99. The summed E-state index contributed by atoms with van der Waals surface area (Å²) in [5, 5.41) is 21.4. The molecule has 1 saturated heterocycles. The van der Waals surface area contributed by atoms with Crippen LogP contribution in [0.25, 0.3) is 0 Å². The first-order valence-corrected chi connectivity index (χ1v) is 6.14. The van der Waals surface area contributed by atoms with E-state index in [2.05, 4.69) is 5.32 Å². The van der Waals surface area contributed by atoms with Crippen LogP contribution in [0.15, 0.2) is 18.2 Å². The van der Waals surface area contributed by atoms with Gasteiger partial charge in [0.1, 0.15) is 6.04 Å². The molecule has 5 nitrogen and oxygen atoms in total. The Labute approximate surface area is 103 Å². The second-order valence-electron chi connectivity index (χ2n) is 3.70. The summed E-state index contributed by atoms with van der Waals surface area (Å²) in [5.41, 5.74) is 0.844. The number of nitrogens with one attached hydrogen (secondary N) is 1. The third-order valence-corrected chi connectivity index (χ3v) is 3.85. The largest absolute Gasteiger partial charge is 0.504 e. The number of methoxy groups -OCH3 is 1. The van der Waals surface area contributed by atoms with E-state index in [0.717, 1.165) is 5.56 Å². The molecule has 1 heterocycles. The molecule has 2 rings (SSSR count). The van der Waals surface area contributed by atoms with Gasteiger partial charge in [0.2, 0.25) is 0 Å². The van der Waals surface area contributed by atoms with E-state index >= 15 is 0 Å². The van der Waals surface area contributed by atoms with Crippen molar-refractivity contribution in [2.75, 3.05) is 12.9 Å². The number of rotatable bonds is 3. The molecule has 0 bridgehead atoms. The lowest BCUT2D eigenvalue weighted by molar-refractivity contribution is -0.138. The van der Waals surface area contributed by atoms with Gasteiger partial charge in [-0.3, -0.25) is 10.1 Å². The van der Waals surface area contributed by atoms with Crippen LogP contribution in [0.2, 0.25) is 0 Å². The van der Waals surface area contributed by atoms with Crippen LogP contribution in [0.4, 0.5) is 0 Å². The van der Waals surface area contributed by atoms with Crippen molar-refractivity contribution in [2.24, 2.45) is 0 Å². The van der Waals surface area contributed by atoms with Gasteiger partial charge in [-0.1, -0.05) is 6.07 Å². The van der Waals surface area contributed by atoms with Crippen molar-refractivity contribution >= 4 is 17.7 Å². The fourth-order valence-corrected chi connectivity index (χ4v) is 2.90. The molecule has 1 aliphatic heterocycles. The van der Waals surface area contributed by atoms with E-state index in [0.29, 0.717) is 11.5 Å². The normalized spacial score (nSPS) is 23.6. The van der Waals surface area contributed by atoms with Gasteiger partial charge in [0.15, 0.2) is 11.5 Å². The number of carboxylic acid groups (broad SMARTS) is 1. The summed E-state index contributed by atoms with van der Waals surface area (Å²) < 4.78 is 4.95. The zero-order valence-corrected chi connectivity index (χ0v) is 10.0. The van der Waals surface area contributed by atoms with Crippen LogP contribution in [0.3, 0.4) is 0 Å². The quantitative estimate of drug-likeness (QED) is 0.753. The number of hydrogen-bond acceptors (Lipinski definition) is 5. The molecule has 0 aliphatic carbocycles. The smallest absolute Gasteiger partial charge is 0.321 e. The molecule has 1 aromatic rings. The molecule has 1 aliphatic rings. The summed E-state index contributed by atoms with van der Waals surface area (Å²) in [6.45, 7) is 0. The molecular formula is C11H13NO4S. The number of carboxylic acids is 1. The van der Waals surface area contributed by atoms with Crippen LogP contribution in [0, 0.1) is 0 Å². The van der Waals surface area contributed by atoms with Crippen LogP contribution in [0.1, 0.15) is 10.9 Å². The minimum absolute atomic E-state index is 0.0613. The molecule has 0 amide bonds. The van der Waals surface area contributed by atoms with Gasteiger partial charge in [-0.15, -0.1) is 11.8 Å². The van der Waals surface area contributed by atoms with E-state index < -0.39 is 12.0 Å². The zero-order valence-electron chi connectivity index (χ0n) is 9.21. The molecule has 2 atom stereocenters. The molecule has 0 radical (unpaired) electrons. The SMILES string of the molecule is COc1ccc(C2NC(C(=O)O)CS2)cc1O. The van der Waals surface area contributed by atoms with E-state index in [9.17, 15) is 9.90 Å². The van der Waals surface area contributed by atoms with Crippen LogP contribution >= 0.6 is 11.8 Å². The summed E-state index contributed by atoms with van der Waals surface area (Å²) in [6, 6.07) is 4.54. The Hall–Kier alpha value is -1.40. The number of thioether (sulfide) groups is 1. The van der Waals surface area contributed by atoms with Crippen molar-refractivity contribution < 1.29 is 19.7 Å². The predicted molar refractivity (Wildman–Crippen MR) is 64.4 cm³/mol. The Morgan fingerprint density at radius 3 is 2.88 bits per heavy atom. The first kappa shape index (κ1) is 12.1. The molecule has 17 heavy (non-hydrogen) atoms. The molecule has 92 valence electrons. The number of benzene rings is 1. The van der Waals surface area contributed by atoms with Gasteiger partial charge < -0.3 is 14.9 Å². The Kier molecular flexibility index (Phi) is 3.44. The number of phenolic OH excluding ortho intramolecular Hbond substituents is 1. The zero-order chi connectivity index (χ0) is 12.4. The maximum absolute atomic E-state index is 10.8. The predicted octanol–water partition coefficient (Wildman–Crippen LogP) is 1.19. The van der Waals surface area contributed by atoms with Gasteiger partial charge in [0.05, 0.1) is 12.5 Å². The van der Waals surface area contributed by atoms with Gasteiger partial charge in [0.25, 0.3) is 0 Å². The van der Waals surface area contributed by atoms with Gasteiger partial charge in [0, 0.05) is 5.75 Å². The average molecular weight is 255 g/mol. The monoisotopic (exact) mass is 255 g/mol. The van der Waals surface area contributed by atoms with Crippen LogP contribution < -0.4 is 10.1 Å². The highest BCUT2D eigenvalue weighted by atomic mass is 32.2. The number of aliphatic carboxylic acids is 1. The summed E-state index contributed by atoms with van der Waals surface area (Å²) in [5.74, 6) is 0.141. The first-order chi connectivity index (χ1) is 8.11. The summed E-state index contributed by atoms with van der Waals surface area (Å²) in [7, 11) is 1.48. The second kappa shape index (κ2) is 4.85. The molecule has 0 aromatic heterocycles. The minimum Gasteiger partial charge on any atom is -0.504 e. The molecule has 3 N–H and O–H groups in total. The average Bonchev–Trinajstić information content (AvgIpc) is 2.78. The van der Waals surface area contributed by atoms with Gasteiger partial charge in [-0.2, -0.15) is 0 Å². The maximum atomic E-state index is 10.8. The Morgan fingerprint density at radius 1 is 1.59 bits per heavy atom. The van der Waals surface area contributed by atoms with Gasteiger partial charge >= 0.3 is 5.97 Å². The molecule has 0 spiro atoms. The fourth-order valence-electron chi connectivity index (χ4n) is 1.68. The van der Waals surface area contributed by atoms with E-state index in [-0.39, 0.29) is 11.1 Å². The van der Waals surface area contributed by atoms with E-state index in [1.807, 2.05) is 6.07 Å². The van der Waals surface area contributed by atoms with E-state index in [1.165, 1.54) is 18.9 Å². The second-order valence-corrected chi connectivity index (χ2v) is 4.84. The molecule has 1 aromatic carbocycles.